The number of aliphatic hydroxyl groups is 1. The van der Waals surface area contributed by atoms with Crippen LogP contribution in [0.3, 0.4) is 0 Å². The summed E-state index contributed by atoms with van der Waals surface area (Å²) in [7, 11) is 0. The number of hydrogen-bond donors (Lipinski definition) is 1. The highest BCUT2D eigenvalue weighted by Gasteiger charge is 2.13. The Balaban J connectivity index is 2.30. The Morgan fingerprint density at radius 1 is 0.947 bits per heavy atom. The molecule has 2 heteroatoms. The van der Waals surface area contributed by atoms with E-state index >= 15 is 0 Å². The maximum atomic E-state index is 13.0. The summed E-state index contributed by atoms with van der Waals surface area (Å²) < 4.78 is 13.0. The summed E-state index contributed by atoms with van der Waals surface area (Å²) >= 11 is 0. The van der Waals surface area contributed by atoms with Gasteiger partial charge in [0.05, 0.1) is 0 Å². The van der Waals surface area contributed by atoms with E-state index in [0.717, 1.165) is 17.5 Å². The number of rotatable bonds is 5. The van der Waals surface area contributed by atoms with Gasteiger partial charge in [-0.25, -0.2) is 4.39 Å². The molecule has 0 heterocycles. The first-order valence-electron chi connectivity index (χ1n) is 6.69. The molecule has 0 aliphatic rings. The second kappa shape index (κ2) is 6.48. The van der Waals surface area contributed by atoms with Crippen LogP contribution in [0.4, 0.5) is 4.39 Å². The van der Waals surface area contributed by atoms with E-state index in [1.165, 1.54) is 17.7 Å². The smallest absolute Gasteiger partial charge is 0.123 e. The average Bonchev–Trinajstić information content (AvgIpc) is 2.46. The highest BCUT2D eigenvalue weighted by molar-refractivity contribution is 5.34. The second-order valence-electron chi connectivity index (χ2n) is 4.71. The van der Waals surface area contributed by atoms with Crippen molar-refractivity contribution in [1.82, 2.24) is 0 Å². The number of aliphatic hydroxyl groups excluding tert-OH is 1. The van der Waals surface area contributed by atoms with Crippen LogP contribution in [0, 0.1) is 5.82 Å². The molecule has 0 aliphatic carbocycles. The molecule has 0 fully saturated rings. The average molecular weight is 258 g/mol. The molecule has 2 aromatic carbocycles. The van der Waals surface area contributed by atoms with Crippen molar-refractivity contribution in [2.45, 2.75) is 25.7 Å². The number of aryl methyl sites for hydroxylation is 1. The number of benzene rings is 2. The zero-order chi connectivity index (χ0) is 13.7. The normalized spacial score (nSPS) is 12.4. The molecule has 0 saturated heterocycles. The molecule has 1 atom stereocenters. The van der Waals surface area contributed by atoms with Gasteiger partial charge in [0.2, 0.25) is 0 Å². The molecule has 0 spiro atoms. The molecule has 0 bridgehead atoms. The van der Waals surface area contributed by atoms with E-state index in [1.807, 2.05) is 0 Å². The fourth-order valence-corrected chi connectivity index (χ4v) is 2.34. The quantitative estimate of drug-likeness (QED) is 0.862. The van der Waals surface area contributed by atoms with Crippen LogP contribution in [0.2, 0.25) is 0 Å². The third-order valence-electron chi connectivity index (χ3n) is 3.48. The molecule has 0 amide bonds. The molecule has 0 radical (unpaired) electrons. The van der Waals surface area contributed by atoms with Crippen molar-refractivity contribution < 1.29 is 9.50 Å². The van der Waals surface area contributed by atoms with Gasteiger partial charge in [0.25, 0.3) is 0 Å². The Labute approximate surface area is 113 Å². The van der Waals surface area contributed by atoms with Gasteiger partial charge in [0.1, 0.15) is 5.82 Å². The minimum absolute atomic E-state index is 0.122. The Morgan fingerprint density at radius 3 is 1.95 bits per heavy atom. The Bertz CT molecular complexity index is 502. The first-order valence-corrected chi connectivity index (χ1v) is 6.69. The van der Waals surface area contributed by atoms with Crippen LogP contribution in [0.25, 0.3) is 0 Å². The Morgan fingerprint density at radius 2 is 1.47 bits per heavy atom. The largest absolute Gasteiger partial charge is 0.396 e. The van der Waals surface area contributed by atoms with E-state index in [4.69, 9.17) is 0 Å². The molecule has 0 aliphatic heterocycles. The lowest BCUT2D eigenvalue weighted by molar-refractivity contribution is 0.281. The van der Waals surface area contributed by atoms with Crippen molar-refractivity contribution in [3.8, 4) is 0 Å². The zero-order valence-corrected chi connectivity index (χ0v) is 11.1. The van der Waals surface area contributed by atoms with Gasteiger partial charge in [-0.05, 0) is 41.7 Å². The molecule has 1 N–H and O–H groups in total. The van der Waals surface area contributed by atoms with E-state index < -0.39 is 0 Å². The zero-order valence-electron chi connectivity index (χ0n) is 11.1. The summed E-state index contributed by atoms with van der Waals surface area (Å²) in [6, 6.07) is 15.0. The van der Waals surface area contributed by atoms with Crippen molar-refractivity contribution in [3.05, 3.63) is 71.0 Å². The highest BCUT2D eigenvalue weighted by Crippen LogP contribution is 2.28. The van der Waals surface area contributed by atoms with Gasteiger partial charge >= 0.3 is 0 Å². The number of hydrogen-bond acceptors (Lipinski definition) is 1. The van der Waals surface area contributed by atoms with Gasteiger partial charge in [0, 0.05) is 12.5 Å². The second-order valence-corrected chi connectivity index (χ2v) is 4.71. The first-order chi connectivity index (χ1) is 9.24. The summed E-state index contributed by atoms with van der Waals surface area (Å²) in [6.07, 6.45) is 1.67. The third-order valence-corrected chi connectivity index (χ3v) is 3.48. The van der Waals surface area contributed by atoms with Crippen LogP contribution in [-0.4, -0.2) is 11.7 Å². The fourth-order valence-electron chi connectivity index (χ4n) is 2.34. The Kier molecular flexibility index (Phi) is 4.69. The maximum absolute atomic E-state index is 13.0. The molecule has 1 unspecified atom stereocenters. The van der Waals surface area contributed by atoms with Crippen molar-refractivity contribution in [2.24, 2.45) is 0 Å². The highest BCUT2D eigenvalue weighted by atomic mass is 19.1. The van der Waals surface area contributed by atoms with Crippen LogP contribution in [0.1, 0.15) is 36.0 Å². The molecule has 0 saturated carbocycles. The summed E-state index contributed by atoms with van der Waals surface area (Å²) in [5, 5.41) is 9.24. The lowest BCUT2D eigenvalue weighted by Crippen LogP contribution is -2.04. The SMILES string of the molecule is CCc1ccc(C(CCO)c2ccc(F)cc2)cc1. The lowest BCUT2D eigenvalue weighted by Gasteiger charge is -2.17. The summed E-state index contributed by atoms with van der Waals surface area (Å²) in [4.78, 5) is 0. The van der Waals surface area contributed by atoms with Gasteiger partial charge in [-0.1, -0.05) is 43.3 Å². The van der Waals surface area contributed by atoms with Crippen LogP contribution in [-0.2, 0) is 6.42 Å². The van der Waals surface area contributed by atoms with Gasteiger partial charge in [-0.15, -0.1) is 0 Å². The standard InChI is InChI=1S/C17H19FO/c1-2-13-3-5-14(6-4-13)17(11-12-19)15-7-9-16(18)10-8-15/h3-10,17,19H,2,11-12H2,1H3. The van der Waals surface area contributed by atoms with E-state index in [0.29, 0.717) is 6.42 Å². The molecular formula is C17H19FO. The van der Waals surface area contributed by atoms with E-state index in [2.05, 4.69) is 31.2 Å². The molecular weight excluding hydrogens is 239 g/mol. The van der Waals surface area contributed by atoms with Crippen LogP contribution in [0.5, 0.6) is 0 Å². The van der Waals surface area contributed by atoms with Crippen molar-refractivity contribution in [1.29, 1.82) is 0 Å². The molecule has 1 nitrogen and oxygen atoms in total. The van der Waals surface area contributed by atoms with Gasteiger partial charge in [0.15, 0.2) is 0 Å². The van der Waals surface area contributed by atoms with E-state index in [-0.39, 0.29) is 18.3 Å². The predicted molar refractivity (Wildman–Crippen MR) is 75.8 cm³/mol. The summed E-state index contributed by atoms with van der Waals surface area (Å²) in [5.74, 6) is -0.107. The Hall–Kier alpha value is -1.67. The van der Waals surface area contributed by atoms with E-state index in [1.54, 1.807) is 12.1 Å². The fraction of sp³-hybridized carbons (Fsp3) is 0.294. The van der Waals surface area contributed by atoms with Crippen LogP contribution >= 0.6 is 0 Å². The third kappa shape index (κ3) is 3.42. The molecule has 0 aromatic heterocycles. The molecule has 19 heavy (non-hydrogen) atoms. The van der Waals surface area contributed by atoms with Crippen molar-refractivity contribution >= 4 is 0 Å². The van der Waals surface area contributed by atoms with Crippen LogP contribution in [0.15, 0.2) is 48.5 Å². The van der Waals surface area contributed by atoms with Crippen LogP contribution < -0.4 is 0 Å². The van der Waals surface area contributed by atoms with Gasteiger partial charge in [-0.2, -0.15) is 0 Å². The topological polar surface area (TPSA) is 20.2 Å². The van der Waals surface area contributed by atoms with Gasteiger partial charge < -0.3 is 5.11 Å². The predicted octanol–water partition coefficient (Wildman–Crippen LogP) is 3.90. The number of halogens is 1. The van der Waals surface area contributed by atoms with Crippen molar-refractivity contribution in [3.63, 3.8) is 0 Å². The first kappa shape index (κ1) is 13.8. The lowest BCUT2D eigenvalue weighted by atomic mass is 9.88. The summed E-state index contributed by atoms with van der Waals surface area (Å²) in [5.41, 5.74) is 3.50. The minimum Gasteiger partial charge on any atom is -0.396 e. The van der Waals surface area contributed by atoms with Gasteiger partial charge in [-0.3, -0.25) is 0 Å². The van der Waals surface area contributed by atoms with E-state index in [9.17, 15) is 9.50 Å². The monoisotopic (exact) mass is 258 g/mol. The molecule has 2 rings (SSSR count). The maximum Gasteiger partial charge on any atom is 0.123 e. The van der Waals surface area contributed by atoms with Crippen molar-refractivity contribution in [2.75, 3.05) is 6.61 Å². The molecule has 2 aromatic rings. The minimum atomic E-state index is -0.229. The summed E-state index contributed by atoms with van der Waals surface area (Å²) in [6.45, 7) is 2.25. The molecule has 100 valence electrons.